The van der Waals surface area contributed by atoms with Gasteiger partial charge < -0.3 is 10.6 Å². The van der Waals surface area contributed by atoms with Crippen molar-refractivity contribution in [2.24, 2.45) is 0 Å². The first-order chi connectivity index (χ1) is 10.2. The van der Waals surface area contributed by atoms with Gasteiger partial charge in [-0.25, -0.2) is 9.97 Å². The standard InChI is InChI=1S/C16H21N5/c1-20-12-3-4-13(20)9-21(7-6-12)16-14-8-11(17)2-5-15(14)18-10-19-16/h2,5,8,10,12-13H,3-4,6-7,9,17H2,1H3. The second kappa shape index (κ2) is 4.84. The number of hydrogen-bond donors (Lipinski definition) is 1. The maximum Gasteiger partial charge on any atom is 0.140 e. The van der Waals surface area contributed by atoms with Crippen LogP contribution in [-0.2, 0) is 0 Å². The normalized spacial score (nSPS) is 26.2. The van der Waals surface area contributed by atoms with E-state index in [1.165, 1.54) is 19.3 Å². The number of hydrogen-bond acceptors (Lipinski definition) is 5. The number of likely N-dealkylation sites (N-methyl/N-ethyl adjacent to an activating group) is 1. The molecule has 0 amide bonds. The molecule has 2 saturated heterocycles. The van der Waals surface area contributed by atoms with E-state index >= 15 is 0 Å². The highest BCUT2D eigenvalue weighted by Crippen LogP contribution is 2.32. The summed E-state index contributed by atoms with van der Waals surface area (Å²) in [6.07, 6.45) is 5.51. The van der Waals surface area contributed by atoms with Crippen molar-refractivity contribution in [3.63, 3.8) is 0 Å². The molecule has 0 radical (unpaired) electrons. The zero-order valence-electron chi connectivity index (χ0n) is 12.4. The van der Waals surface area contributed by atoms with Crippen LogP contribution in [0.2, 0.25) is 0 Å². The van der Waals surface area contributed by atoms with Crippen LogP contribution in [0, 0.1) is 0 Å². The molecule has 0 aliphatic carbocycles. The summed E-state index contributed by atoms with van der Waals surface area (Å²) >= 11 is 0. The molecule has 1 aromatic carbocycles. The molecule has 0 saturated carbocycles. The van der Waals surface area contributed by atoms with E-state index in [0.717, 1.165) is 41.5 Å². The minimum absolute atomic E-state index is 0.642. The van der Waals surface area contributed by atoms with Gasteiger partial charge in [0.05, 0.1) is 5.52 Å². The first-order valence-electron chi connectivity index (χ1n) is 7.69. The highest BCUT2D eigenvalue weighted by Gasteiger charge is 2.35. The third kappa shape index (κ3) is 2.12. The van der Waals surface area contributed by atoms with Crippen LogP contribution in [0.1, 0.15) is 19.3 Å². The quantitative estimate of drug-likeness (QED) is 0.810. The van der Waals surface area contributed by atoms with Gasteiger partial charge in [-0.1, -0.05) is 0 Å². The topological polar surface area (TPSA) is 58.3 Å². The Balaban J connectivity index is 1.74. The molecule has 110 valence electrons. The van der Waals surface area contributed by atoms with Crippen LogP contribution in [0.25, 0.3) is 10.9 Å². The summed E-state index contributed by atoms with van der Waals surface area (Å²) in [6, 6.07) is 7.25. The molecule has 2 aliphatic heterocycles. The maximum atomic E-state index is 5.95. The van der Waals surface area contributed by atoms with Crippen molar-refractivity contribution in [3.8, 4) is 0 Å². The van der Waals surface area contributed by atoms with Crippen LogP contribution in [0.5, 0.6) is 0 Å². The largest absolute Gasteiger partial charge is 0.399 e. The molecule has 5 heteroatoms. The van der Waals surface area contributed by atoms with Crippen LogP contribution in [0.4, 0.5) is 11.5 Å². The van der Waals surface area contributed by atoms with Crippen LogP contribution < -0.4 is 10.6 Å². The van der Waals surface area contributed by atoms with E-state index in [2.05, 4.69) is 26.8 Å². The van der Waals surface area contributed by atoms with Crippen molar-refractivity contribution >= 4 is 22.4 Å². The predicted molar refractivity (Wildman–Crippen MR) is 85.4 cm³/mol. The van der Waals surface area contributed by atoms with Crippen LogP contribution >= 0.6 is 0 Å². The Morgan fingerprint density at radius 2 is 2.00 bits per heavy atom. The monoisotopic (exact) mass is 283 g/mol. The zero-order chi connectivity index (χ0) is 14.4. The fraction of sp³-hybridized carbons (Fsp3) is 0.500. The smallest absolute Gasteiger partial charge is 0.140 e. The molecule has 2 atom stereocenters. The maximum absolute atomic E-state index is 5.95. The fourth-order valence-electron chi connectivity index (χ4n) is 3.81. The molecule has 2 bridgehead atoms. The molecule has 2 aromatic rings. The van der Waals surface area contributed by atoms with Crippen LogP contribution in [0.3, 0.4) is 0 Å². The molecular weight excluding hydrogens is 262 g/mol. The fourth-order valence-corrected chi connectivity index (χ4v) is 3.81. The summed E-state index contributed by atoms with van der Waals surface area (Å²) in [5.74, 6) is 1.04. The Morgan fingerprint density at radius 1 is 1.14 bits per heavy atom. The Hall–Kier alpha value is -1.88. The highest BCUT2D eigenvalue weighted by molar-refractivity contribution is 5.91. The number of benzene rings is 1. The molecule has 2 fully saturated rings. The van der Waals surface area contributed by atoms with Gasteiger partial charge in [0.1, 0.15) is 12.1 Å². The number of nitrogens with zero attached hydrogens (tertiary/aromatic N) is 4. The molecule has 3 heterocycles. The lowest BCUT2D eigenvalue weighted by Crippen LogP contribution is -2.37. The first-order valence-corrected chi connectivity index (χ1v) is 7.69. The number of anilines is 2. The molecule has 21 heavy (non-hydrogen) atoms. The summed E-state index contributed by atoms with van der Waals surface area (Å²) in [5, 5.41) is 1.07. The third-order valence-electron chi connectivity index (χ3n) is 5.09. The number of fused-ring (bicyclic) bond motifs is 3. The van der Waals surface area contributed by atoms with Gasteiger partial charge >= 0.3 is 0 Å². The van der Waals surface area contributed by atoms with E-state index < -0.39 is 0 Å². The lowest BCUT2D eigenvalue weighted by Gasteiger charge is -2.27. The van der Waals surface area contributed by atoms with Gasteiger partial charge in [-0.15, -0.1) is 0 Å². The van der Waals surface area contributed by atoms with Gasteiger partial charge in [-0.3, -0.25) is 4.90 Å². The minimum atomic E-state index is 0.642. The Morgan fingerprint density at radius 3 is 2.90 bits per heavy atom. The van der Waals surface area contributed by atoms with E-state index in [1.54, 1.807) is 6.33 Å². The number of aromatic nitrogens is 2. The van der Waals surface area contributed by atoms with Crippen molar-refractivity contribution in [2.75, 3.05) is 30.8 Å². The van der Waals surface area contributed by atoms with Gasteiger partial charge in [-0.05, 0) is 44.5 Å². The zero-order valence-corrected chi connectivity index (χ0v) is 12.4. The van der Waals surface area contributed by atoms with Crippen molar-refractivity contribution in [3.05, 3.63) is 24.5 Å². The second-order valence-corrected chi connectivity index (χ2v) is 6.26. The number of rotatable bonds is 1. The van der Waals surface area contributed by atoms with E-state index in [-0.39, 0.29) is 0 Å². The molecule has 2 N–H and O–H groups in total. The van der Waals surface area contributed by atoms with E-state index in [1.807, 2.05) is 18.2 Å². The third-order valence-corrected chi connectivity index (χ3v) is 5.09. The molecular formula is C16H21N5. The first kappa shape index (κ1) is 12.8. The average Bonchev–Trinajstić information content (AvgIpc) is 2.72. The summed E-state index contributed by atoms with van der Waals surface area (Å²) < 4.78 is 0. The van der Waals surface area contributed by atoms with Gasteiger partial charge in [0.15, 0.2) is 0 Å². The summed E-state index contributed by atoms with van der Waals surface area (Å²) in [7, 11) is 2.27. The highest BCUT2D eigenvalue weighted by atomic mass is 15.3. The van der Waals surface area contributed by atoms with Crippen molar-refractivity contribution < 1.29 is 0 Å². The van der Waals surface area contributed by atoms with E-state index in [0.29, 0.717) is 6.04 Å². The minimum Gasteiger partial charge on any atom is -0.399 e. The summed E-state index contributed by atoms with van der Waals surface area (Å²) in [6.45, 7) is 2.11. The predicted octanol–water partition coefficient (Wildman–Crippen LogP) is 1.88. The van der Waals surface area contributed by atoms with Crippen LogP contribution in [0.15, 0.2) is 24.5 Å². The van der Waals surface area contributed by atoms with E-state index in [9.17, 15) is 0 Å². The Labute approximate surface area is 124 Å². The molecule has 4 rings (SSSR count). The van der Waals surface area contributed by atoms with Gasteiger partial charge in [-0.2, -0.15) is 0 Å². The lowest BCUT2D eigenvalue weighted by molar-refractivity contribution is 0.254. The lowest BCUT2D eigenvalue weighted by atomic mass is 10.1. The molecule has 2 aliphatic rings. The average molecular weight is 283 g/mol. The van der Waals surface area contributed by atoms with Crippen molar-refractivity contribution in [1.29, 1.82) is 0 Å². The van der Waals surface area contributed by atoms with Crippen LogP contribution in [-0.4, -0.2) is 47.1 Å². The van der Waals surface area contributed by atoms with Gasteiger partial charge in [0.2, 0.25) is 0 Å². The Kier molecular flexibility index (Phi) is 2.96. The van der Waals surface area contributed by atoms with Crippen molar-refractivity contribution in [2.45, 2.75) is 31.3 Å². The van der Waals surface area contributed by atoms with Gasteiger partial charge in [0, 0.05) is 36.2 Å². The molecule has 2 unspecified atom stereocenters. The van der Waals surface area contributed by atoms with Gasteiger partial charge in [0.25, 0.3) is 0 Å². The Bertz CT molecular complexity index is 671. The SMILES string of the molecule is CN1C2CCC1CN(c1ncnc3ccc(N)cc13)CC2. The summed E-state index contributed by atoms with van der Waals surface area (Å²) in [5.41, 5.74) is 7.69. The van der Waals surface area contributed by atoms with Crippen molar-refractivity contribution in [1.82, 2.24) is 14.9 Å². The van der Waals surface area contributed by atoms with E-state index in [4.69, 9.17) is 5.73 Å². The molecule has 0 spiro atoms. The summed E-state index contributed by atoms with van der Waals surface area (Å²) in [4.78, 5) is 13.9. The second-order valence-electron chi connectivity index (χ2n) is 6.26. The molecule has 1 aromatic heterocycles. The number of nitrogen functional groups attached to an aromatic ring is 1. The number of nitrogens with two attached hydrogens (primary N) is 1. The molecule has 5 nitrogen and oxygen atoms in total.